The van der Waals surface area contributed by atoms with Gasteiger partial charge in [-0.05, 0) is 37.2 Å². The maximum absolute atomic E-state index is 12.7. The van der Waals surface area contributed by atoms with Crippen molar-refractivity contribution in [3.8, 4) is 0 Å². The van der Waals surface area contributed by atoms with Crippen molar-refractivity contribution in [1.82, 2.24) is 4.90 Å². The molecule has 1 N–H and O–H groups in total. The summed E-state index contributed by atoms with van der Waals surface area (Å²) in [4.78, 5) is 25.5. The Morgan fingerprint density at radius 3 is 2.43 bits per heavy atom. The Morgan fingerprint density at radius 2 is 1.78 bits per heavy atom. The molecule has 0 bridgehead atoms. The zero-order valence-corrected chi connectivity index (χ0v) is 13.2. The molecular formula is C18H23NO4. The van der Waals surface area contributed by atoms with Gasteiger partial charge in [0.2, 0.25) is 5.91 Å². The first-order valence-corrected chi connectivity index (χ1v) is 8.33. The van der Waals surface area contributed by atoms with Crippen LogP contribution in [0.25, 0.3) is 0 Å². The molecule has 1 saturated heterocycles. The highest BCUT2D eigenvalue weighted by Gasteiger charge is 2.37. The van der Waals surface area contributed by atoms with Crippen LogP contribution < -0.4 is 0 Å². The molecule has 23 heavy (non-hydrogen) atoms. The van der Waals surface area contributed by atoms with Gasteiger partial charge in [0.25, 0.3) is 0 Å². The molecule has 5 nitrogen and oxygen atoms in total. The van der Waals surface area contributed by atoms with Crippen LogP contribution in [0.4, 0.5) is 0 Å². The second-order valence-electron chi connectivity index (χ2n) is 6.42. The van der Waals surface area contributed by atoms with Crippen molar-refractivity contribution in [3.63, 3.8) is 0 Å². The number of ether oxygens (including phenoxy) is 1. The van der Waals surface area contributed by atoms with Crippen LogP contribution in [-0.4, -0.2) is 47.7 Å². The minimum Gasteiger partial charge on any atom is -0.480 e. The van der Waals surface area contributed by atoms with E-state index in [1.54, 1.807) is 0 Å². The van der Waals surface area contributed by atoms with Crippen molar-refractivity contribution < 1.29 is 19.4 Å². The van der Waals surface area contributed by atoms with Crippen molar-refractivity contribution in [2.45, 2.75) is 37.6 Å². The zero-order valence-electron chi connectivity index (χ0n) is 13.2. The number of morpholine rings is 1. The van der Waals surface area contributed by atoms with Crippen LogP contribution in [0.1, 0.15) is 37.2 Å². The number of hydrogen-bond donors (Lipinski definition) is 1. The molecule has 1 aliphatic heterocycles. The van der Waals surface area contributed by atoms with Gasteiger partial charge in [0.15, 0.2) is 6.04 Å². The Kier molecular flexibility index (Phi) is 4.96. The molecule has 2 aliphatic rings. The highest BCUT2D eigenvalue weighted by atomic mass is 16.5. The third kappa shape index (κ3) is 3.55. The number of benzene rings is 1. The van der Waals surface area contributed by atoms with E-state index in [1.165, 1.54) is 10.5 Å². The highest BCUT2D eigenvalue weighted by Crippen LogP contribution is 2.36. The van der Waals surface area contributed by atoms with E-state index in [0.717, 1.165) is 25.7 Å². The van der Waals surface area contributed by atoms with Gasteiger partial charge in [-0.1, -0.05) is 30.3 Å². The summed E-state index contributed by atoms with van der Waals surface area (Å²) in [5.74, 6) is -0.515. The fraction of sp³-hybridized carbons (Fsp3) is 0.556. The monoisotopic (exact) mass is 317 g/mol. The van der Waals surface area contributed by atoms with Crippen molar-refractivity contribution in [3.05, 3.63) is 35.9 Å². The number of carbonyl (C=O) groups excluding carboxylic acids is 1. The second kappa shape index (κ2) is 7.13. The number of aliphatic carboxylic acids is 1. The number of hydrogen-bond acceptors (Lipinski definition) is 3. The van der Waals surface area contributed by atoms with Crippen LogP contribution in [0.2, 0.25) is 0 Å². The molecule has 1 heterocycles. The first kappa shape index (κ1) is 16.0. The summed E-state index contributed by atoms with van der Waals surface area (Å²) in [6, 6.07) is 9.59. The van der Waals surface area contributed by atoms with Gasteiger partial charge in [-0.25, -0.2) is 4.79 Å². The smallest absolute Gasteiger partial charge is 0.328 e. The number of carboxylic acids is 1. The van der Waals surface area contributed by atoms with Gasteiger partial charge >= 0.3 is 5.97 Å². The van der Waals surface area contributed by atoms with E-state index in [0.29, 0.717) is 19.1 Å². The van der Waals surface area contributed by atoms with E-state index in [1.807, 2.05) is 6.07 Å². The minimum absolute atomic E-state index is 0.00721. The lowest BCUT2D eigenvalue weighted by molar-refractivity contribution is -0.160. The van der Waals surface area contributed by atoms with Gasteiger partial charge in [0, 0.05) is 12.5 Å². The molecule has 5 heteroatoms. The molecule has 0 radical (unpaired) electrons. The predicted molar refractivity (Wildman–Crippen MR) is 85.1 cm³/mol. The summed E-state index contributed by atoms with van der Waals surface area (Å²) in [6.07, 6.45) is 3.65. The van der Waals surface area contributed by atoms with Gasteiger partial charge in [0.05, 0.1) is 13.2 Å². The average molecular weight is 317 g/mol. The zero-order chi connectivity index (χ0) is 16.2. The Morgan fingerprint density at radius 1 is 1.09 bits per heavy atom. The first-order valence-electron chi connectivity index (χ1n) is 8.33. The SMILES string of the molecule is O=C(O)[C@@H]1COCCN1C(=O)C1CCC(c2ccccc2)CC1. The third-order valence-electron chi connectivity index (χ3n) is 5.04. The molecule has 1 amide bonds. The third-order valence-corrected chi connectivity index (χ3v) is 5.04. The minimum atomic E-state index is -0.976. The van der Waals surface area contributed by atoms with Crippen LogP contribution in [0.15, 0.2) is 30.3 Å². The molecule has 1 atom stereocenters. The van der Waals surface area contributed by atoms with E-state index in [-0.39, 0.29) is 18.4 Å². The maximum atomic E-state index is 12.7. The van der Waals surface area contributed by atoms with E-state index < -0.39 is 12.0 Å². The summed E-state index contributed by atoms with van der Waals surface area (Å²) in [6.45, 7) is 0.906. The van der Waals surface area contributed by atoms with Crippen molar-refractivity contribution >= 4 is 11.9 Å². The Balaban J connectivity index is 1.60. The molecule has 0 spiro atoms. The van der Waals surface area contributed by atoms with Gasteiger partial charge in [0.1, 0.15) is 0 Å². The molecule has 1 saturated carbocycles. The van der Waals surface area contributed by atoms with Crippen LogP contribution in [0, 0.1) is 5.92 Å². The maximum Gasteiger partial charge on any atom is 0.328 e. The molecule has 0 unspecified atom stereocenters. The van der Waals surface area contributed by atoms with Gasteiger partial charge in [-0.2, -0.15) is 0 Å². The first-order chi connectivity index (χ1) is 11.2. The molecule has 1 aromatic carbocycles. The molecule has 3 rings (SSSR count). The fourth-order valence-electron chi connectivity index (χ4n) is 3.71. The van der Waals surface area contributed by atoms with E-state index in [9.17, 15) is 14.7 Å². The normalized spacial score (nSPS) is 28.3. The molecular weight excluding hydrogens is 294 g/mol. The average Bonchev–Trinajstić information content (AvgIpc) is 2.62. The van der Waals surface area contributed by atoms with Crippen LogP contribution in [0.5, 0.6) is 0 Å². The number of amides is 1. The van der Waals surface area contributed by atoms with Gasteiger partial charge < -0.3 is 14.7 Å². The van der Waals surface area contributed by atoms with Crippen LogP contribution in [0.3, 0.4) is 0 Å². The second-order valence-corrected chi connectivity index (χ2v) is 6.42. The summed E-state index contributed by atoms with van der Waals surface area (Å²) >= 11 is 0. The lowest BCUT2D eigenvalue weighted by Crippen LogP contribution is -2.54. The molecule has 2 fully saturated rings. The summed E-state index contributed by atoms with van der Waals surface area (Å²) in [5, 5.41) is 9.27. The number of rotatable bonds is 3. The summed E-state index contributed by atoms with van der Waals surface area (Å²) in [7, 11) is 0. The van der Waals surface area contributed by atoms with E-state index >= 15 is 0 Å². The highest BCUT2D eigenvalue weighted by molar-refractivity contribution is 5.85. The molecule has 0 aromatic heterocycles. The van der Waals surface area contributed by atoms with E-state index in [4.69, 9.17) is 4.74 Å². The number of carboxylic acid groups (broad SMARTS) is 1. The standard InChI is InChI=1S/C18H23NO4/c20-17(19-10-11-23-12-16(19)18(21)22)15-8-6-14(7-9-15)13-4-2-1-3-5-13/h1-5,14-16H,6-12H2,(H,21,22)/t14?,15?,16-/m0/s1. The lowest BCUT2D eigenvalue weighted by atomic mass is 9.78. The van der Waals surface area contributed by atoms with Crippen molar-refractivity contribution in [2.75, 3.05) is 19.8 Å². The fourth-order valence-corrected chi connectivity index (χ4v) is 3.71. The molecule has 1 aliphatic carbocycles. The largest absolute Gasteiger partial charge is 0.480 e. The lowest BCUT2D eigenvalue weighted by Gasteiger charge is -2.37. The Labute approximate surface area is 136 Å². The molecule has 1 aromatic rings. The van der Waals surface area contributed by atoms with Crippen LogP contribution >= 0.6 is 0 Å². The quantitative estimate of drug-likeness (QED) is 0.929. The Hall–Kier alpha value is -1.88. The topological polar surface area (TPSA) is 66.8 Å². The number of nitrogens with zero attached hydrogens (tertiary/aromatic N) is 1. The van der Waals surface area contributed by atoms with Crippen LogP contribution in [-0.2, 0) is 14.3 Å². The van der Waals surface area contributed by atoms with E-state index in [2.05, 4.69) is 24.3 Å². The van der Waals surface area contributed by atoms with Crippen molar-refractivity contribution in [1.29, 1.82) is 0 Å². The van der Waals surface area contributed by atoms with Gasteiger partial charge in [-0.3, -0.25) is 4.79 Å². The number of carbonyl (C=O) groups is 2. The van der Waals surface area contributed by atoms with Crippen molar-refractivity contribution in [2.24, 2.45) is 5.92 Å². The summed E-state index contributed by atoms with van der Waals surface area (Å²) < 4.78 is 5.21. The Bertz CT molecular complexity index is 551. The van der Waals surface area contributed by atoms with Gasteiger partial charge in [-0.15, -0.1) is 0 Å². The molecule has 124 valence electrons. The summed E-state index contributed by atoms with van der Waals surface area (Å²) in [5.41, 5.74) is 1.34. The predicted octanol–water partition coefficient (Wildman–Crippen LogP) is 2.27.